The standard InChI is InChI=1S/C67H118O6P2/c1-7-11-15-19-23-27-31-35-41-59-43-39-45-65(57-59)72-74(68-55-37-33-29-25-21-17-13-9-3)70-63-51-47-61(48-52-63)67(5,6)62-49-53-64(54-50-62)71-75(69-56-38-34-30-26-22-18-14-10-4)73-66-46-40-44-60(58-66)42-36-32-28-24-20-16-12-8-2/h39-40,43-46,57-58,61-64H,7-38,41-42,47-56H2,1-6H3. The Morgan fingerprint density at radius 3 is 0.987 bits per heavy atom. The molecule has 0 saturated heterocycles. The topological polar surface area (TPSA) is 55.4 Å². The van der Waals surface area contributed by atoms with Gasteiger partial charge < -0.3 is 18.1 Å². The van der Waals surface area contributed by atoms with Gasteiger partial charge in [-0.05, 0) is 143 Å². The first-order chi connectivity index (χ1) is 36.8. The summed E-state index contributed by atoms with van der Waals surface area (Å²) in [5.41, 5.74) is 2.99. The maximum atomic E-state index is 6.85. The second kappa shape index (κ2) is 43.5. The molecule has 6 nitrogen and oxygen atoms in total. The Morgan fingerprint density at radius 1 is 0.373 bits per heavy atom. The Kier molecular flexibility index (Phi) is 38.5. The van der Waals surface area contributed by atoms with Crippen molar-refractivity contribution in [1.29, 1.82) is 0 Å². The minimum Gasteiger partial charge on any atom is -0.427 e. The van der Waals surface area contributed by atoms with E-state index in [0.717, 1.165) is 62.9 Å². The fourth-order valence-corrected chi connectivity index (χ4v) is 14.3. The van der Waals surface area contributed by atoms with Crippen LogP contribution in [0, 0.1) is 17.3 Å². The molecule has 75 heavy (non-hydrogen) atoms. The van der Waals surface area contributed by atoms with Crippen molar-refractivity contribution in [3.8, 4) is 11.5 Å². The predicted octanol–water partition coefficient (Wildman–Crippen LogP) is 23.5. The summed E-state index contributed by atoms with van der Waals surface area (Å²) in [6.45, 7) is 15.7. The Morgan fingerprint density at radius 2 is 0.667 bits per heavy atom. The van der Waals surface area contributed by atoms with Crippen molar-refractivity contribution in [1.82, 2.24) is 0 Å². The molecule has 0 heterocycles. The summed E-state index contributed by atoms with van der Waals surface area (Å²) >= 11 is 0. The van der Waals surface area contributed by atoms with Gasteiger partial charge in [0.25, 0.3) is 0 Å². The highest BCUT2D eigenvalue weighted by Crippen LogP contribution is 2.53. The first kappa shape index (κ1) is 66.3. The van der Waals surface area contributed by atoms with Gasteiger partial charge >= 0.3 is 17.2 Å². The highest BCUT2D eigenvalue weighted by Gasteiger charge is 2.42. The molecule has 2 saturated carbocycles. The lowest BCUT2D eigenvalue weighted by molar-refractivity contribution is 0.00601. The molecule has 0 amide bonds. The molecule has 0 aliphatic heterocycles. The number of hydrogen-bond donors (Lipinski definition) is 0. The third-order valence-electron chi connectivity index (χ3n) is 17.1. The first-order valence-corrected chi connectivity index (χ1v) is 34.8. The van der Waals surface area contributed by atoms with Crippen LogP contribution in [0.15, 0.2) is 48.5 Å². The smallest absolute Gasteiger partial charge is 0.397 e. The van der Waals surface area contributed by atoms with Gasteiger partial charge in [-0.25, -0.2) is 0 Å². The third-order valence-corrected chi connectivity index (χ3v) is 19.6. The van der Waals surface area contributed by atoms with Crippen molar-refractivity contribution in [2.24, 2.45) is 17.3 Å². The molecule has 0 N–H and O–H groups in total. The molecule has 0 bridgehead atoms. The van der Waals surface area contributed by atoms with E-state index in [1.54, 1.807) is 0 Å². The second-order valence-corrected chi connectivity index (χ2v) is 26.2. The van der Waals surface area contributed by atoms with Gasteiger partial charge in [-0.15, -0.1) is 0 Å². The Labute approximate surface area is 467 Å². The summed E-state index contributed by atoms with van der Waals surface area (Å²) in [5, 5.41) is 0. The van der Waals surface area contributed by atoms with E-state index in [9.17, 15) is 0 Å². The number of hydrogen-bond acceptors (Lipinski definition) is 6. The molecule has 2 aromatic carbocycles. The lowest BCUT2D eigenvalue weighted by atomic mass is 9.60. The fraction of sp³-hybridized carbons (Fsp3) is 0.821. The SMILES string of the molecule is CCCCCCCCCCOP(Oc1cccc(CCCCCCCCCC)c1)OC1CCC(C(C)(C)C2CCC(OP(OCCCCCCCCCC)Oc3cccc(CCCCCCCCCC)c3)CC2)CC1. The van der Waals surface area contributed by atoms with Gasteiger partial charge in [0.2, 0.25) is 0 Å². The zero-order valence-corrected chi connectivity index (χ0v) is 51.7. The summed E-state index contributed by atoms with van der Waals surface area (Å²) < 4.78 is 40.1. The predicted molar refractivity (Wildman–Crippen MR) is 325 cm³/mol. The Balaban J connectivity index is 1.26. The van der Waals surface area contributed by atoms with Crippen molar-refractivity contribution in [3.63, 3.8) is 0 Å². The van der Waals surface area contributed by atoms with Gasteiger partial charge in [0.05, 0.1) is 25.4 Å². The maximum absolute atomic E-state index is 6.85. The quantitative estimate of drug-likeness (QED) is 0.0486. The van der Waals surface area contributed by atoms with Gasteiger partial charge in [-0.3, -0.25) is 9.05 Å². The van der Waals surface area contributed by atoms with Crippen LogP contribution in [-0.2, 0) is 30.9 Å². The van der Waals surface area contributed by atoms with Crippen LogP contribution < -0.4 is 9.05 Å². The summed E-state index contributed by atoms with van der Waals surface area (Å²) in [7, 11) is -2.93. The lowest BCUT2D eigenvalue weighted by Crippen LogP contribution is -2.38. The highest BCUT2D eigenvalue weighted by molar-refractivity contribution is 7.42. The van der Waals surface area contributed by atoms with Gasteiger partial charge in [-0.1, -0.05) is 246 Å². The Hall–Kier alpha value is -1.26. The summed E-state index contributed by atoms with van der Waals surface area (Å²) in [5.74, 6) is 3.17. The molecule has 2 aliphatic rings. The van der Waals surface area contributed by atoms with Gasteiger partial charge in [0.15, 0.2) is 0 Å². The second-order valence-electron chi connectivity index (χ2n) is 24.0. The number of unbranched alkanes of at least 4 members (excludes halogenated alkanes) is 28. The molecule has 2 atom stereocenters. The molecule has 2 unspecified atom stereocenters. The van der Waals surface area contributed by atoms with E-state index in [0.29, 0.717) is 25.0 Å². The van der Waals surface area contributed by atoms with Crippen molar-refractivity contribution in [2.75, 3.05) is 13.2 Å². The summed E-state index contributed by atoms with van der Waals surface area (Å²) in [4.78, 5) is 0. The van der Waals surface area contributed by atoms with E-state index < -0.39 is 17.2 Å². The normalized spacial score (nSPS) is 19.1. The van der Waals surface area contributed by atoms with Crippen LogP contribution in [-0.4, -0.2) is 25.4 Å². The van der Waals surface area contributed by atoms with Crippen molar-refractivity contribution in [3.05, 3.63) is 59.7 Å². The largest absolute Gasteiger partial charge is 0.427 e. The van der Waals surface area contributed by atoms with Crippen LogP contribution in [0.2, 0.25) is 0 Å². The zero-order chi connectivity index (χ0) is 53.3. The van der Waals surface area contributed by atoms with Crippen molar-refractivity contribution in [2.45, 2.75) is 323 Å². The molecular formula is C67H118O6P2. The highest BCUT2D eigenvalue weighted by atomic mass is 31.2. The van der Waals surface area contributed by atoms with Gasteiger partial charge in [0.1, 0.15) is 11.5 Å². The lowest BCUT2D eigenvalue weighted by Gasteiger charge is -2.46. The number of aryl methyl sites for hydroxylation is 2. The molecule has 8 heteroatoms. The van der Waals surface area contributed by atoms with Crippen LogP contribution in [0.5, 0.6) is 11.5 Å². The average molecular weight is 1080 g/mol. The van der Waals surface area contributed by atoms with Crippen LogP contribution in [0.1, 0.15) is 310 Å². The molecule has 0 radical (unpaired) electrons. The average Bonchev–Trinajstić information content (AvgIpc) is 3.42. The molecule has 2 aromatic rings. The van der Waals surface area contributed by atoms with Crippen LogP contribution in [0.4, 0.5) is 0 Å². The molecule has 0 spiro atoms. The number of benzene rings is 2. The molecular weight excluding hydrogens is 963 g/mol. The van der Waals surface area contributed by atoms with E-state index in [1.807, 2.05) is 0 Å². The molecule has 432 valence electrons. The number of rotatable bonds is 48. The molecule has 2 fully saturated rings. The van der Waals surface area contributed by atoms with Crippen LogP contribution in [0.3, 0.4) is 0 Å². The van der Waals surface area contributed by atoms with Crippen molar-refractivity contribution >= 4 is 17.2 Å². The van der Waals surface area contributed by atoms with E-state index in [2.05, 4.69) is 90.1 Å². The minimum absolute atomic E-state index is 0.183. The third kappa shape index (κ3) is 30.8. The van der Waals surface area contributed by atoms with Crippen molar-refractivity contribution < 1.29 is 27.1 Å². The van der Waals surface area contributed by atoms with Crippen LogP contribution >= 0.6 is 17.2 Å². The monoisotopic (exact) mass is 1080 g/mol. The molecule has 4 rings (SSSR count). The van der Waals surface area contributed by atoms with Crippen LogP contribution in [0.25, 0.3) is 0 Å². The Bertz CT molecular complexity index is 1490. The van der Waals surface area contributed by atoms with E-state index >= 15 is 0 Å². The molecule has 0 aromatic heterocycles. The minimum atomic E-state index is -1.47. The summed E-state index contributed by atoms with van der Waals surface area (Å²) in [6.07, 6.45) is 53.8. The van der Waals surface area contributed by atoms with E-state index in [1.165, 1.54) is 229 Å². The summed E-state index contributed by atoms with van der Waals surface area (Å²) in [6, 6.07) is 17.5. The van der Waals surface area contributed by atoms with Gasteiger partial charge in [-0.2, -0.15) is 0 Å². The first-order valence-electron chi connectivity index (χ1n) is 32.6. The molecule has 2 aliphatic carbocycles. The van der Waals surface area contributed by atoms with E-state index in [4.69, 9.17) is 27.1 Å². The van der Waals surface area contributed by atoms with Gasteiger partial charge in [0, 0.05) is 0 Å². The van der Waals surface area contributed by atoms with E-state index in [-0.39, 0.29) is 17.6 Å². The fourth-order valence-electron chi connectivity index (χ4n) is 11.9. The maximum Gasteiger partial charge on any atom is 0.397 e. The zero-order valence-electron chi connectivity index (χ0n) is 49.9.